The van der Waals surface area contributed by atoms with Gasteiger partial charge < -0.3 is 14.8 Å². The summed E-state index contributed by atoms with van der Waals surface area (Å²) in [6, 6.07) is 3.88. The van der Waals surface area contributed by atoms with E-state index in [-0.39, 0.29) is 11.8 Å². The summed E-state index contributed by atoms with van der Waals surface area (Å²) in [5, 5.41) is 12.0. The molecule has 1 fully saturated rings. The highest BCUT2D eigenvalue weighted by molar-refractivity contribution is 5.84. The van der Waals surface area contributed by atoms with Crippen LogP contribution in [0.4, 0.5) is 0 Å². The molecule has 4 heteroatoms. The van der Waals surface area contributed by atoms with Gasteiger partial charge in [-0.3, -0.25) is 0 Å². The summed E-state index contributed by atoms with van der Waals surface area (Å²) < 4.78 is 5.17. The lowest BCUT2D eigenvalue weighted by atomic mass is 10.2. The summed E-state index contributed by atoms with van der Waals surface area (Å²) in [4.78, 5) is 10.6. The maximum atomic E-state index is 10.6. The largest absolute Gasteiger partial charge is 0.475 e. The molecular weight excluding hydrogens is 182 g/mol. The maximum Gasteiger partial charge on any atom is 0.371 e. The lowest BCUT2D eigenvalue weighted by Crippen LogP contribution is -2.20. The van der Waals surface area contributed by atoms with Crippen LogP contribution in [0.5, 0.6) is 0 Å². The molecule has 1 atom stereocenters. The van der Waals surface area contributed by atoms with Gasteiger partial charge in [0.2, 0.25) is 5.76 Å². The Bertz CT molecular complexity index is 341. The number of carboxylic acids is 1. The van der Waals surface area contributed by atoms with Gasteiger partial charge in [0.05, 0.1) is 6.04 Å². The molecule has 14 heavy (non-hydrogen) atoms. The Kier molecular flexibility index (Phi) is 2.29. The first-order valence-corrected chi connectivity index (χ1v) is 4.76. The molecule has 0 spiro atoms. The Morgan fingerprint density at radius 3 is 2.86 bits per heavy atom. The average molecular weight is 195 g/mol. The van der Waals surface area contributed by atoms with E-state index in [1.807, 2.05) is 6.92 Å². The fraction of sp³-hybridized carbons (Fsp3) is 0.500. The van der Waals surface area contributed by atoms with Crippen LogP contribution in [0.25, 0.3) is 0 Å². The predicted octanol–water partition coefficient (Wildman–Crippen LogP) is 1.79. The standard InChI is InChI=1S/C10H13NO3/c1-6(11-7-2-3-7)8-4-5-9(14-8)10(12)13/h4-7,11H,2-3H2,1H3,(H,12,13). The van der Waals surface area contributed by atoms with Crippen LogP contribution in [0.1, 0.15) is 42.1 Å². The molecule has 2 N–H and O–H groups in total. The summed E-state index contributed by atoms with van der Waals surface area (Å²) in [5.74, 6) is -0.325. The molecule has 2 rings (SSSR count). The van der Waals surface area contributed by atoms with Gasteiger partial charge in [-0.2, -0.15) is 0 Å². The Balaban J connectivity index is 2.03. The van der Waals surface area contributed by atoms with Crippen molar-refractivity contribution in [1.29, 1.82) is 0 Å². The van der Waals surface area contributed by atoms with Gasteiger partial charge in [0.25, 0.3) is 0 Å². The molecule has 0 radical (unpaired) electrons. The molecule has 1 aromatic heterocycles. The molecule has 0 aromatic carbocycles. The van der Waals surface area contributed by atoms with Crippen molar-refractivity contribution in [3.05, 3.63) is 23.7 Å². The van der Waals surface area contributed by atoms with Gasteiger partial charge >= 0.3 is 5.97 Å². The van der Waals surface area contributed by atoms with Crippen LogP contribution in [-0.4, -0.2) is 17.1 Å². The van der Waals surface area contributed by atoms with Crippen LogP contribution in [0, 0.1) is 0 Å². The van der Waals surface area contributed by atoms with Crippen molar-refractivity contribution in [2.75, 3.05) is 0 Å². The van der Waals surface area contributed by atoms with E-state index < -0.39 is 5.97 Å². The molecule has 0 bridgehead atoms. The highest BCUT2D eigenvalue weighted by Gasteiger charge is 2.24. The van der Waals surface area contributed by atoms with Crippen molar-refractivity contribution in [2.24, 2.45) is 0 Å². The number of carbonyl (C=O) groups is 1. The number of furan rings is 1. The van der Waals surface area contributed by atoms with Crippen molar-refractivity contribution in [3.8, 4) is 0 Å². The smallest absolute Gasteiger partial charge is 0.371 e. The summed E-state index contributed by atoms with van der Waals surface area (Å²) in [6.07, 6.45) is 2.41. The van der Waals surface area contributed by atoms with E-state index in [9.17, 15) is 4.79 Å². The topological polar surface area (TPSA) is 62.5 Å². The van der Waals surface area contributed by atoms with Crippen molar-refractivity contribution in [3.63, 3.8) is 0 Å². The lowest BCUT2D eigenvalue weighted by molar-refractivity contribution is 0.0659. The van der Waals surface area contributed by atoms with E-state index in [1.54, 1.807) is 6.07 Å². The van der Waals surface area contributed by atoms with Crippen molar-refractivity contribution < 1.29 is 14.3 Å². The van der Waals surface area contributed by atoms with Crippen molar-refractivity contribution in [1.82, 2.24) is 5.32 Å². The van der Waals surface area contributed by atoms with Crippen LogP contribution in [0.15, 0.2) is 16.5 Å². The molecule has 1 heterocycles. The molecule has 0 saturated heterocycles. The number of hydrogen-bond acceptors (Lipinski definition) is 3. The van der Waals surface area contributed by atoms with Crippen LogP contribution in [0.2, 0.25) is 0 Å². The Morgan fingerprint density at radius 2 is 2.36 bits per heavy atom. The normalized spacial score (nSPS) is 18.1. The minimum atomic E-state index is -1.02. The summed E-state index contributed by atoms with van der Waals surface area (Å²) in [7, 11) is 0. The highest BCUT2D eigenvalue weighted by atomic mass is 16.4. The van der Waals surface area contributed by atoms with E-state index in [1.165, 1.54) is 18.9 Å². The van der Waals surface area contributed by atoms with E-state index in [2.05, 4.69) is 5.32 Å². The van der Waals surface area contributed by atoms with E-state index in [0.29, 0.717) is 11.8 Å². The fourth-order valence-electron chi connectivity index (χ4n) is 1.39. The summed E-state index contributed by atoms with van der Waals surface area (Å²) >= 11 is 0. The number of rotatable bonds is 4. The van der Waals surface area contributed by atoms with Gasteiger partial charge in [0, 0.05) is 6.04 Å². The second-order valence-corrected chi connectivity index (χ2v) is 3.67. The Hall–Kier alpha value is -1.29. The quantitative estimate of drug-likeness (QED) is 0.768. The lowest BCUT2D eigenvalue weighted by Gasteiger charge is -2.09. The molecule has 0 aliphatic heterocycles. The number of carboxylic acid groups (broad SMARTS) is 1. The first kappa shape index (κ1) is 9.27. The van der Waals surface area contributed by atoms with Gasteiger partial charge in [-0.25, -0.2) is 4.79 Å². The molecule has 0 amide bonds. The number of nitrogens with one attached hydrogen (secondary N) is 1. The molecule has 1 unspecified atom stereocenters. The molecule has 1 aliphatic rings. The summed E-state index contributed by atoms with van der Waals surface area (Å²) in [5.41, 5.74) is 0. The zero-order chi connectivity index (χ0) is 10.1. The summed E-state index contributed by atoms with van der Waals surface area (Å²) in [6.45, 7) is 1.97. The van der Waals surface area contributed by atoms with Crippen LogP contribution in [0.3, 0.4) is 0 Å². The van der Waals surface area contributed by atoms with E-state index in [4.69, 9.17) is 9.52 Å². The Labute approximate surface area is 81.9 Å². The van der Waals surface area contributed by atoms with Gasteiger partial charge in [-0.1, -0.05) is 0 Å². The van der Waals surface area contributed by atoms with E-state index >= 15 is 0 Å². The fourth-order valence-corrected chi connectivity index (χ4v) is 1.39. The van der Waals surface area contributed by atoms with Gasteiger partial charge in [-0.05, 0) is 31.9 Å². The minimum Gasteiger partial charge on any atom is -0.475 e. The van der Waals surface area contributed by atoms with Gasteiger partial charge in [0.15, 0.2) is 0 Å². The molecule has 1 aliphatic carbocycles. The number of aromatic carboxylic acids is 1. The molecule has 4 nitrogen and oxygen atoms in total. The monoisotopic (exact) mass is 195 g/mol. The van der Waals surface area contributed by atoms with Crippen LogP contribution < -0.4 is 5.32 Å². The number of hydrogen-bond donors (Lipinski definition) is 2. The second kappa shape index (κ2) is 3.46. The van der Waals surface area contributed by atoms with Crippen molar-refractivity contribution >= 4 is 5.97 Å². The molecule has 1 aromatic rings. The molecule has 1 saturated carbocycles. The van der Waals surface area contributed by atoms with Crippen LogP contribution >= 0.6 is 0 Å². The Morgan fingerprint density at radius 1 is 1.64 bits per heavy atom. The van der Waals surface area contributed by atoms with Gasteiger partial charge in [0.1, 0.15) is 5.76 Å². The zero-order valence-electron chi connectivity index (χ0n) is 7.99. The van der Waals surface area contributed by atoms with Crippen LogP contribution in [-0.2, 0) is 0 Å². The second-order valence-electron chi connectivity index (χ2n) is 3.67. The SMILES string of the molecule is CC(NC1CC1)c1ccc(C(=O)O)o1. The maximum absolute atomic E-state index is 10.6. The predicted molar refractivity (Wildman–Crippen MR) is 50.2 cm³/mol. The van der Waals surface area contributed by atoms with Gasteiger partial charge in [-0.15, -0.1) is 0 Å². The first-order chi connectivity index (χ1) is 6.66. The van der Waals surface area contributed by atoms with E-state index in [0.717, 1.165) is 0 Å². The first-order valence-electron chi connectivity index (χ1n) is 4.76. The third-order valence-corrected chi connectivity index (χ3v) is 2.33. The molecular formula is C10H13NO3. The zero-order valence-corrected chi connectivity index (χ0v) is 7.99. The third kappa shape index (κ3) is 1.96. The highest BCUT2D eigenvalue weighted by Crippen LogP contribution is 2.24. The van der Waals surface area contributed by atoms with Crippen molar-refractivity contribution in [2.45, 2.75) is 31.8 Å². The minimum absolute atomic E-state index is 0.00412. The average Bonchev–Trinajstić information content (AvgIpc) is 2.81. The molecule has 76 valence electrons. The third-order valence-electron chi connectivity index (χ3n) is 2.33.